The molecule has 0 unspecified atom stereocenters. The van der Waals surface area contributed by atoms with Crippen molar-refractivity contribution in [3.63, 3.8) is 0 Å². The Hall–Kier alpha value is -1.98. The molecular formula is C16H16BrN3O3S. The standard InChI is InChI=1S/C16H16BrN3O3S/c1-8(2)23-13-6-11(17)9(5-12(13)22-3)14-10(7-18)15(21)20-16(19-14)24-4/h5-6,8H,1-4H3,(H,19,20,21). The second-order valence-corrected chi connectivity index (χ2v) is 6.71. The summed E-state index contributed by atoms with van der Waals surface area (Å²) in [5, 5.41) is 9.76. The van der Waals surface area contributed by atoms with Crippen LogP contribution in [0.1, 0.15) is 19.4 Å². The number of rotatable bonds is 5. The largest absolute Gasteiger partial charge is 0.493 e. The van der Waals surface area contributed by atoms with Gasteiger partial charge in [0.25, 0.3) is 5.56 Å². The van der Waals surface area contributed by atoms with Gasteiger partial charge in [0.05, 0.1) is 18.9 Å². The van der Waals surface area contributed by atoms with Crippen molar-refractivity contribution in [2.75, 3.05) is 13.4 Å². The van der Waals surface area contributed by atoms with Crippen molar-refractivity contribution in [3.05, 3.63) is 32.5 Å². The first-order valence-electron chi connectivity index (χ1n) is 7.04. The van der Waals surface area contributed by atoms with Gasteiger partial charge in [0.1, 0.15) is 11.6 Å². The lowest BCUT2D eigenvalue weighted by molar-refractivity contribution is 0.230. The third-order valence-corrected chi connectivity index (χ3v) is 4.31. The minimum Gasteiger partial charge on any atom is -0.493 e. The molecule has 0 radical (unpaired) electrons. The smallest absolute Gasteiger partial charge is 0.270 e. The molecule has 0 saturated carbocycles. The first-order valence-corrected chi connectivity index (χ1v) is 9.06. The normalized spacial score (nSPS) is 10.5. The molecule has 1 heterocycles. The van der Waals surface area contributed by atoms with Gasteiger partial charge in [-0.05, 0) is 48.2 Å². The zero-order valence-corrected chi connectivity index (χ0v) is 16.0. The number of benzene rings is 1. The van der Waals surface area contributed by atoms with Crippen molar-refractivity contribution in [1.29, 1.82) is 5.26 Å². The molecule has 0 atom stereocenters. The highest BCUT2D eigenvalue weighted by Gasteiger charge is 2.19. The molecule has 0 spiro atoms. The minimum atomic E-state index is -0.472. The molecule has 0 aliphatic heterocycles. The van der Waals surface area contributed by atoms with Gasteiger partial charge in [0.2, 0.25) is 0 Å². The monoisotopic (exact) mass is 409 g/mol. The first kappa shape index (κ1) is 18.4. The number of methoxy groups -OCH3 is 1. The molecule has 6 nitrogen and oxygen atoms in total. The van der Waals surface area contributed by atoms with Crippen LogP contribution in [0, 0.1) is 11.3 Å². The Labute approximate surface area is 152 Å². The Morgan fingerprint density at radius 2 is 2.08 bits per heavy atom. The SMILES string of the molecule is COc1cc(-c2nc(SC)[nH]c(=O)c2C#N)c(Br)cc1OC(C)C. The van der Waals surface area contributed by atoms with Crippen LogP contribution in [-0.2, 0) is 0 Å². The maximum Gasteiger partial charge on any atom is 0.270 e. The second kappa shape index (κ2) is 7.73. The highest BCUT2D eigenvalue weighted by molar-refractivity contribution is 9.10. The van der Waals surface area contributed by atoms with E-state index in [0.717, 1.165) is 0 Å². The fourth-order valence-corrected chi connectivity index (χ4v) is 2.96. The number of hydrogen-bond acceptors (Lipinski definition) is 6. The number of thioether (sulfide) groups is 1. The van der Waals surface area contributed by atoms with Gasteiger partial charge in [0, 0.05) is 10.0 Å². The number of nitrogens with zero attached hydrogens (tertiary/aromatic N) is 2. The maximum absolute atomic E-state index is 12.1. The van der Waals surface area contributed by atoms with Crippen molar-refractivity contribution < 1.29 is 9.47 Å². The number of hydrogen-bond donors (Lipinski definition) is 1. The van der Waals surface area contributed by atoms with Crippen molar-refractivity contribution >= 4 is 27.7 Å². The molecule has 1 N–H and O–H groups in total. The molecular weight excluding hydrogens is 394 g/mol. The topological polar surface area (TPSA) is 88.0 Å². The van der Waals surface area contributed by atoms with Crippen LogP contribution in [0.5, 0.6) is 11.5 Å². The lowest BCUT2D eigenvalue weighted by Gasteiger charge is -2.16. The van der Waals surface area contributed by atoms with Crippen LogP contribution in [-0.4, -0.2) is 29.4 Å². The third-order valence-electron chi connectivity index (χ3n) is 3.07. The van der Waals surface area contributed by atoms with Crippen LogP contribution < -0.4 is 15.0 Å². The Bertz CT molecular complexity index is 859. The Morgan fingerprint density at radius 1 is 1.38 bits per heavy atom. The average Bonchev–Trinajstić information content (AvgIpc) is 2.53. The lowest BCUT2D eigenvalue weighted by atomic mass is 10.1. The van der Waals surface area contributed by atoms with Crippen molar-refractivity contribution in [2.45, 2.75) is 25.1 Å². The molecule has 126 valence electrons. The number of ether oxygens (including phenoxy) is 2. The number of halogens is 1. The number of H-pyrrole nitrogens is 1. The summed E-state index contributed by atoms with van der Waals surface area (Å²) in [5.41, 5.74) is 0.362. The number of aromatic amines is 1. The predicted octanol–water partition coefficient (Wildman–Crippen LogP) is 3.59. The molecule has 2 aromatic rings. The molecule has 1 aromatic heterocycles. The Balaban J connectivity index is 2.72. The summed E-state index contributed by atoms with van der Waals surface area (Å²) in [4.78, 5) is 19.1. The average molecular weight is 410 g/mol. The summed E-state index contributed by atoms with van der Waals surface area (Å²) in [6.45, 7) is 3.83. The van der Waals surface area contributed by atoms with E-state index in [0.29, 0.717) is 32.4 Å². The zero-order valence-electron chi connectivity index (χ0n) is 13.6. The van der Waals surface area contributed by atoms with E-state index in [2.05, 4.69) is 25.9 Å². The molecule has 0 amide bonds. The van der Waals surface area contributed by atoms with Crippen molar-refractivity contribution in [2.24, 2.45) is 0 Å². The van der Waals surface area contributed by atoms with Gasteiger partial charge in [-0.15, -0.1) is 0 Å². The molecule has 2 rings (SSSR count). The molecule has 1 aromatic carbocycles. The quantitative estimate of drug-likeness (QED) is 0.599. The van der Waals surface area contributed by atoms with Gasteiger partial charge in [-0.2, -0.15) is 5.26 Å². The molecule has 0 bridgehead atoms. The zero-order chi connectivity index (χ0) is 17.9. The fourth-order valence-electron chi connectivity index (χ4n) is 2.07. The third kappa shape index (κ3) is 3.74. The van der Waals surface area contributed by atoms with Gasteiger partial charge < -0.3 is 14.5 Å². The highest BCUT2D eigenvalue weighted by Crippen LogP contribution is 2.39. The summed E-state index contributed by atoms with van der Waals surface area (Å²) < 4.78 is 11.8. The number of nitrogens with one attached hydrogen (secondary N) is 1. The van der Waals surface area contributed by atoms with Crippen LogP contribution >= 0.6 is 27.7 Å². The first-order chi connectivity index (χ1) is 11.4. The van der Waals surface area contributed by atoms with E-state index in [1.165, 1.54) is 18.9 Å². The lowest BCUT2D eigenvalue weighted by Crippen LogP contribution is -2.15. The van der Waals surface area contributed by atoms with Crippen LogP contribution in [0.25, 0.3) is 11.3 Å². The van der Waals surface area contributed by atoms with E-state index in [1.807, 2.05) is 19.9 Å². The van der Waals surface area contributed by atoms with Crippen molar-refractivity contribution in [3.8, 4) is 28.8 Å². The van der Waals surface area contributed by atoms with Crippen LogP contribution in [0.2, 0.25) is 0 Å². The van der Waals surface area contributed by atoms with Gasteiger partial charge in [0.15, 0.2) is 16.7 Å². The molecule has 0 aliphatic carbocycles. The summed E-state index contributed by atoms with van der Waals surface area (Å²) in [6, 6.07) is 5.37. The summed E-state index contributed by atoms with van der Waals surface area (Å²) >= 11 is 4.76. The Morgan fingerprint density at radius 3 is 2.62 bits per heavy atom. The van der Waals surface area contributed by atoms with Gasteiger partial charge in [-0.3, -0.25) is 4.79 Å². The molecule has 0 aliphatic rings. The van der Waals surface area contributed by atoms with Gasteiger partial charge in [-0.25, -0.2) is 4.98 Å². The van der Waals surface area contributed by atoms with Crippen LogP contribution in [0.3, 0.4) is 0 Å². The van der Waals surface area contributed by atoms with E-state index < -0.39 is 5.56 Å². The van der Waals surface area contributed by atoms with Gasteiger partial charge in [-0.1, -0.05) is 11.8 Å². The van der Waals surface area contributed by atoms with E-state index in [4.69, 9.17) is 9.47 Å². The van der Waals surface area contributed by atoms with Crippen LogP contribution in [0.4, 0.5) is 0 Å². The molecule has 8 heteroatoms. The summed E-state index contributed by atoms with van der Waals surface area (Å²) in [7, 11) is 1.53. The van der Waals surface area contributed by atoms with E-state index in [1.54, 1.807) is 18.4 Å². The summed E-state index contributed by atoms with van der Waals surface area (Å²) in [5.74, 6) is 1.06. The van der Waals surface area contributed by atoms with Gasteiger partial charge >= 0.3 is 0 Å². The minimum absolute atomic E-state index is 0.0212. The molecule has 24 heavy (non-hydrogen) atoms. The van der Waals surface area contributed by atoms with E-state index in [9.17, 15) is 10.1 Å². The van der Waals surface area contributed by atoms with Crippen LogP contribution in [0.15, 0.2) is 26.6 Å². The maximum atomic E-state index is 12.1. The highest BCUT2D eigenvalue weighted by atomic mass is 79.9. The second-order valence-electron chi connectivity index (χ2n) is 5.06. The fraction of sp³-hybridized carbons (Fsp3) is 0.312. The molecule has 0 fully saturated rings. The van der Waals surface area contributed by atoms with E-state index >= 15 is 0 Å². The van der Waals surface area contributed by atoms with Crippen molar-refractivity contribution in [1.82, 2.24) is 9.97 Å². The van der Waals surface area contributed by atoms with E-state index in [-0.39, 0.29) is 11.7 Å². The number of nitriles is 1. The number of aromatic nitrogens is 2. The Kier molecular flexibility index (Phi) is 5.91. The summed E-state index contributed by atoms with van der Waals surface area (Å²) in [6.07, 6.45) is 1.77. The molecule has 0 saturated heterocycles. The predicted molar refractivity (Wildman–Crippen MR) is 96.8 cm³/mol.